The maximum absolute atomic E-state index is 12.6. The average molecular weight is 707 g/mol. The Morgan fingerprint density at radius 2 is 0.745 bits per heavy atom. The van der Waals surface area contributed by atoms with Gasteiger partial charge in [-0.25, -0.2) is 8.78 Å². The molecule has 250 valence electrons. The Morgan fingerprint density at radius 1 is 0.471 bits per heavy atom. The fourth-order valence-electron chi connectivity index (χ4n) is 4.13. The van der Waals surface area contributed by atoms with Gasteiger partial charge in [0.15, 0.2) is 11.6 Å². The Hall–Kier alpha value is -4.28. The molecule has 0 radical (unpaired) electrons. The molecule has 0 aromatic heterocycles. The van der Waals surface area contributed by atoms with Crippen molar-refractivity contribution in [2.24, 2.45) is 0 Å². The summed E-state index contributed by atoms with van der Waals surface area (Å²) in [6.45, 7) is 2.03. The van der Waals surface area contributed by atoms with E-state index in [4.69, 9.17) is 9.47 Å². The number of ether oxygens (including phenoxy) is 2. The van der Waals surface area contributed by atoms with E-state index in [-0.39, 0.29) is 89.6 Å². The van der Waals surface area contributed by atoms with Crippen LogP contribution < -0.4 is 78.8 Å². The second kappa shape index (κ2) is 22.5. The fraction of sp³-hybridized carbons (Fsp3) is 0.0732. The summed E-state index contributed by atoms with van der Waals surface area (Å²) in [7, 11) is 1.60. The van der Waals surface area contributed by atoms with Crippen molar-refractivity contribution >= 4 is 11.6 Å². The van der Waals surface area contributed by atoms with Gasteiger partial charge < -0.3 is 19.7 Å². The SMILES string of the molecule is C.COc1ccc(C(=O)c2ccc(Oc3ccc(C)cc3)cc2)cc1.O=C(c1ccc(F)cc1)c1ccc(F)cc1.[Na+].[Na+].[O-]c1ccc([O-])cc1. The van der Waals surface area contributed by atoms with Gasteiger partial charge in [-0.15, -0.1) is 11.5 Å². The third-order valence-corrected chi connectivity index (χ3v) is 6.76. The molecule has 0 heterocycles. The number of hydrogen-bond donors (Lipinski definition) is 0. The van der Waals surface area contributed by atoms with Crippen molar-refractivity contribution in [2.45, 2.75) is 14.4 Å². The van der Waals surface area contributed by atoms with Crippen LogP contribution in [0.4, 0.5) is 8.78 Å². The molecule has 51 heavy (non-hydrogen) atoms. The molecule has 0 saturated heterocycles. The van der Waals surface area contributed by atoms with Crippen molar-refractivity contribution in [1.82, 2.24) is 0 Å². The Labute approximate surface area is 341 Å². The molecule has 6 nitrogen and oxygen atoms in total. The first-order valence-corrected chi connectivity index (χ1v) is 14.6. The van der Waals surface area contributed by atoms with Crippen molar-refractivity contribution in [3.63, 3.8) is 0 Å². The monoisotopic (exact) mass is 706 g/mol. The van der Waals surface area contributed by atoms with Crippen LogP contribution in [0.2, 0.25) is 0 Å². The van der Waals surface area contributed by atoms with Crippen molar-refractivity contribution in [1.29, 1.82) is 0 Å². The normalized spacial score (nSPS) is 9.41. The molecule has 0 spiro atoms. The summed E-state index contributed by atoms with van der Waals surface area (Å²) in [5.41, 5.74) is 3.20. The molecule has 0 fully saturated rings. The first-order valence-electron chi connectivity index (χ1n) is 14.6. The van der Waals surface area contributed by atoms with E-state index in [9.17, 15) is 28.6 Å². The van der Waals surface area contributed by atoms with E-state index in [0.717, 1.165) is 11.5 Å². The van der Waals surface area contributed by atoms with E-state index in [1.807, 2.05) is 31.2 Å². The molecule has 6 rings (SSSR count). The van der Waals surface area contributed by atoms with Gasteiger partial charge in [-0.3, -0.25) is 9.59 Å². The molecular formula is C41H34F2Na2O6. The van der Waals surface area contributed by atoms with Gasteiger partial charge in [0, 0.05) is 22.3 Å². The van der Waals surface area contributed by atoms with E-state index in [0.29, 0.717) is 28.0 Å². The summed E-state index contributed by atoms with van der Waals surface area (Å²) in [4.78, 5) is 24.3. The summed E-state index contributed by atoms with van der Waals surface area (Å²) in [6, 6.07) is 37.6. The van der Waals surface area contributed by atoms with Crippen molar-refractivity contribution in [3.8, 4) is 28.7 Å². The number of rotatable bonds is 7. The zero-order chi connectivity index (χ0) is 34.5. The minimum Gasteiger partial charge on any atom is -0.872 e. The third-order valence-electron chi connectivity index (χ3n) is 6.76. The third kappa shape index (κ3) is 14.5. The van der Waals surface area contributed by atoms with E-state index in [2.05, 4.69) is 0 Å². The maximum atomic E-state index is 12.6. The smallest absolute Gasteiger partial charge is 0.872 e. The van der Waals surface area contributed by atoms with E-state index in [1.54, 1.807) is 55.6 Å². The van der Waals surface area contributed by atoms with Crippen LogP contribution in [0, 0.1) is 18.6 Å². The zero-order valence-corrected chi connectivity index (χ0v) is 32.1. The number of carbonyl (C=O) groups is 2. The standard InChI is InChI=1S/C21H18O3.C13H8F2O.C6H6O2.CH4.2Na/c1-15-3-9-19(10-4-15)24-20-13-7-17(8-14-20)21(22)16-5-11-18(23-2)12-6-16;14-11-5-1-9(2-6-11)13(16)10-3-7-12(15)8-4-10;7-5-1-2-6(8)4-3-5;;;/h3-14H,1-2H3;1-8H;1-4,7-8H;1H4;;/q;;;;2*+1/p-2. The molecule has 0 bridgehead atoms. The minimum absolute atomic E-state index is 0. The fourth-order valence-corrected chi connectivity index (χ4v) is 4.13. The van der Waals surface area contributed by atoms with Crippen LogP contribution in [0.1, 0.15) is 44.8 Å². The summed E-state index contributed by atoms with van der Waals surface area (Å²) >= 11 is 0. The molecule has 6 aromatic carbocycles. The number of methoxy groups -OCH3 is 1. The van der Waals surface area contributed by atoms with Crippen LogP contribution in [-0.2, 0) is 0 Å². The summed E-state index contributed by atoms with van der Waals surface area (Å²) in [5.74, 6) is 0.897. The van der Waals surface area contributed by atoms with Crippen LogP contribution >= 0.6 is 0 Å². The van der Waals surface area contributed by atoms with E-state index < -0.39 is 11.6 Å². The van der Waals surface area contributed by atoms with Crippen molar-refractivity contribution in [2.75, 3.05) is 7.11 Å². The molecule has 0 aliphatic rings. The molecule has 6 aromatic rings. The molecule has 0 N–H and O–H groups in total. The van der Waals surface area contributed by atoms with Crippen LogP contribution in [-0.4, -0.2) is 18.7 Å². The molecule has 0 atom stereocenters. The minimum atomic E-state index is -0.393. The van der Waals surface area contributed by atoms with Gasteiger partial charge >= 0.3 is 59.1 Å². The maximum Gasteiger partial charge on any atom is 1.00 e. The van der Waals surface area contributed by atoms with Crippen LogP contribution in [0.3, 0.4) is 0 Å². The Morgan fingerprint density at radius 3 is 1.06 bits per heavy atom. The van der Waals surface area contributed by atoms with Gasteiger partial charge in [0.25, 0.3) is 0 Å². The van der Waals surface area contributed by atoms with Gasteiger partial charge in [0.1, 0.15) is 28.9 Å². The molecule has 0 saturated carbocycles. The van der Waals surface area contributed by atoms with Crippen LogP contribution in [0.5, 0.6) is 28.7 Å². The van der Waals surface area contributed by atoms with E-state index >= 15 is 0 Å². The zero-order valence-electron chi connectivity index (χ0n) is 28.1. The summed E-state index contributed by atoms with van der Waals surface area (Å²) in [5, 5.41) is 20.6. The predicted molar refractivity (Wildman–Crippen MR) is 182 cm³/mol. The number of halogens is 2. The Balaban J connectivity index is 0.000000417. The number of benzene rings is 6. The molecule has 0 aliphatic carbocycles. The van der Waals surface area contributed by atoms with Gasteiger partial charge in [0.05, 0.1) is 7.11 Å². The summed E-state index contributed by atoms with van der Waals surface area (Å²) < 4.78 is 36.2. The first-order chi connectivity index (χ1) is 23.1. The van der Waals surface area contributed by atoms with Gasteiger partial charge in [-0.1, -0.05) is 49.4 Å². The van der Waals surface area contributed by atoms with Crippen molar-refractivity contribution in [3.05, 3.63) is 185 Å². The van der Waals surface area contributed by atoms with Crippen molar-refractivity contribution < 1.29 is 97.2 Å². The average Bonchev–Trinajstić information content (AvgIpc) is 3.11. The molecule has 0 amide bonds. The second-order valence-corrected chi connectivity index (χ2v) is 10.3. The van der Waals surface area contributed by atoms with E-state index in [1.165, 1.54) is 78.4 Å². The number of carbonyl (C=O) groups excluding carboxylic acids is 2. The quantitative estimate of drug-likeness (QED) is 0.187. The van der Waals surface area contributed by atoms with Gasteiger partial charge in [-0.05, 0) is 116 Å². The predicted octanol–water partition coefficient (Wildman–Crippen LogP) is 2.70. The molecule has 0 unspecified atom stereocenters. The second-order valence-electron chi connectivity index (χ2n) is 10.3. The van der Waals surface area contributed by atoms with Crippen LogP contribution in [0.25, 0.3) is 0 Å². The number of aryl methyl sites for hydroxylation is 1. The molecule has 0 aliphatic heterocycles. The topological polar surface area (TPSA) is 98.7 Å². The molecular weight excluding hydrogens is 672 g/mol. The number of hydrogen-bond acceptors (Lipinski definition) is 6. The molecule has 10 heteroatoms. The van der Waals surface area contributed by atoms with Gasteiger partial charge in [0.2, 0.25) is 0 Å². The Bertz CT molecular complexity index is 1850. The summed E-state index contributed by atoms with van der Waals surface area (Å²) in [6.07, 6.45) is 0. The van der Waals surface area contributed by atoms with Crippen LogP contribution in [0.15, 0.2) is 146 Å². The number of ketones is 2. The largest absolute Gasteiger partial charge is 1.00 e. The Kier molecular flexibility index (Phi) is 19.8. The first kappa shape index (κ1) is 44.7. The van der Waals surface area contributed by atoms with Gasteiger partial charge in [-0.2, -0.15) is 0 Å².